The number of thioether (sulfide) groups is 1. The van der Waals surface area contributed by atoms with E-state index in [9.17, 15) is 9.59 Å². The lowest BCUT2D eigenvalue weighted by Gasteiger charge is -2.33. The Morgan fingerprint density at radius 2 is 2.06 bits per heavy atom. The van der Waals surface area contributed by atoms with Gasteiger partial charge in [-0.3, -0.25) is 14.5 Å². The minimum Gasteiger partial charge on any atom is -0.355 e. The number of piperidine rings is 1. The van der Waals surface area contributed by atoms with Gasteiger partial charge < -0.3 is 10.2 Å². The van der Waals surface area contributed by atoms with Crippen LogP contribution in [0.3, 0.4) is 0 Å². The molecule has 2 aromatic carbocycles. The van der Waals surface area contributed by atoms with Crippen LogP contribution in [0.2, 0.25) is 5.02 Å². The Morgan fingerprint density at radius 1 is 1.21 bits per heavy atom. The summed E-state index contributed by atoms with van der Waals surface area (Å²) in [5.74, 6) is -0.310. The molecule has 2 heterocycles. The highest BCUT2D eigenvalue weighted by Crippen LogP contribution is 2.42. The second kappa shape index (κ2) is 11.2. The third-order valence-electron chi connectivity index (χ3n) is 6.16. The molecule has 1 fully saturated rings. The number of para-hydroxylation sites is 1. The van der Waals surface area contributed by atoms with E-state index < -0.39 is 0 Å². The SMILES string of the molecule is C[C@@H]1CCCCN1CCCNC(=O)CN1C(=O)/C(=C\c2cccc(Cl)c2)Sc2ccccc21. The number of halogens is 1. The first-order valence-electron chi connectivity index (χ1n) is 11.6. The van der Waals surface area contributed by atoms with Gasteiger partial charge in [-0.1, -0.05) is 54.0 Å². The zero-order valence-electron chi connectivity index (χ0n) is 18.9. The molecule has 7 heteroatoms. The third-order valence-corrected chi connectivity index (χ3v) is 7.48. The molecular weight excluding hydrogens is 454 g/mol. The molecule has 5 nitrogen and oxygen atoms in total. The summed E-state index contributed by atoms with van der Waals surface area (Å²) in [6.07, 6.45) is 6.57. The van der Waals surface area contributed by atoms with Crippen molar-refractivity contribution in [3.8, 4) is 0 Å². The summed E-state index contributed by atoms with van der Waals surface area (Å²) in [6.45, 7) is 5.04. The Morgan fingerprint density at radius 3 is 2.88 bits per heavy atom. The summed E-state index contributed by atoms with van der Waals surface area (Å²) in [7, 11) is 0. The number of rotatable bonds is 7. The number of anilines is 1. The lowest BCUT2D eigenvalue weighted by Crippen LogP contribution is -2.43. The first-order chi connectivity index (χ1) is 16.0. The molecule has 4 rings (SSSR count). The van der Waals surface area contributed by atoms with E-state index in [0.29, 0.717) is 22.5 Å². The van der Waals surface area contributed by atoms with Crippen molar-refractivity contribution < 1.29 is 9.59 Å². The van der Waals surface area contributed by atoms with Crippen molar-refractivity contribution in [3.63, 3.8) is 0 Å². The molecule has 2 aromatic rings. The molecule has 2 aliphatic heterocycles. The van der Waals surface area contributed by atoms with Crippen LogP contribution >= 0.6 is 23.4 Å². The van der Waals surface area contributed by atoms with Gasteiger partial charge in [0.1, 0.15) is 6.54 Å². The van der Waals surface area contributed by atoms with Gasteiger partial charge in [-0.05, 0) is 68.6 Å². The van der Waals surface area contributed by atoms with Crippen LogP contribution in [0.4, 0.5) is 5.69 Å². The fourth-order valence-corrected chi connectivity index (χ4v) is 5.62. The maximum absolute atomic E-state index is 13.3. The Labute approximate surface area is 205 Å². The minimum absolute atomic E-state index is 0.00338. The Bertz CT molecular complexity index is 1040. The summed E-state index contributed by atoms with van der Waals surface area (Å²) in [4.78, 5) is 31.6. The van der Waals surface area contributed by atoms with Crippen molar-refractivity contribution in [1.82, 2.24) is 10.2 Å². The first-order valence-corrected chi connectivity index (χ1v) is 12.8. The summed E-state index contributed by atoms with van der Waals surface area (Å²) in [5.41, 5.74) is 1.63. The highest BCUT2D eigenvalue weighted by atomic mass is 35.5. The Balaban J connectivity index is 1.40. The maximum Gasteiger partial charge on any atom is 0.265 e. The Kier molecular flexibility index (Phi) is 8.12. The van der Waals surface area contributed by atoms with Gasteiger partial charge in [0.25, 0.3) is 5.91 Å². The molecule has 1 atom stereocenters. The fraction of sp³-hybridized carbons (Fsp3) is 0.385. The second-order valence-electron chi connectivity index (χ2n) is 8.61. The average Bonchev–Trinajstić information content (AvgIpc) is 2.80. The quantitative estimate of drug-likeness (QED) is 0.434. The highest BCUT2D eigenvalue weighted by Gasteiger charge is 2.30. The van der Waals surface area contributed by atoms with Crippen LogP contribution in [0.5, 0.6) is 0 Å². The molecule has 0 saturated carbocycles. The molecule has 1 saturated heterocycles. The van der Waals surface area contributed by atoms with Gasteiger partial charge in [-0.25, -0.2) is 0 Å². The molecule has 0 spiro atoms. The van der Waals surface area contributed by atoms with Gasteiger partial charge in [0.05, 0.1) is 10.6 Å². The maximum atomic E-state index is 13.3. The van der Waals surface area contributed by atoms with Crippen LogP contribution in [-0.4, -0.2) is 48.9 Å². The molecular formula is C26H30ClN3O2S. The van der Waals surface area contributed by atoms with Crippen LogP contribution in [0.25, 0.3) is 6.08 Å². The number of nitrogens with one attached hydrogen (secondary N) is 1. The van der Waals surface area contributed by atoms with Crippen LogP contribution in [0.15, 0.2) is 58.3 Å². The lowest BCUT2D eigenvalue weighted by atomic mass is 10.0. The lowest BCUT2D eigenvalue weighted by molar-refractivity contribution is -0.122. The van der Waals surface area contributed by atoms with Crippen molar-refractivity contribution in [1.29, 1.82) is 0 Å². The van der Waals surface area contributed by atoms with Crippen LogP contribution in [0.1, 0.15) is 38.2 Å². The van der Waals surface area contributed by atoms with E-state index in [1.54, 1.807) is 11.0 Å². The average molecular weight is 484 g/mol. The molecule has 0 bridgehead atoms. The normalized spacial score (nSPS) is 20.1. The molecule has 33 heavy (non-hydrogen) atoms. The molecule has 174 valence electrons. The number of benzene rings is 2. The molecule has 2 amide bonds. The van der Waals surface area contributed by atoms with Gasteiger partial charge in [-0.2, -0.15) is 0 Å². The van der Waals surface area contributed by atoms with Crippen LogP contribution in [-0.2, 0) is 9.59 Å². The van der Waals surface area contributed by atoms with Crippen molar-refractivity contribution >= 4 is 46.9 Å². The van der Waals surface area contributed by atoms with Crippen molar-refractivity contribution in [2.24, 2.45) is 0 Å². The van der Waals surface area contributed by atoms with Crippen molar-refractivity contribution in [2.75, 3.05) is 31.1 Å². The number of nitrogens with zero attached hydrogens (tertiary/aromatic N) is 2. The monoisotopic (exact) mass is 483 g/mol. The molecule has 0 aliphatic carbocycles. The smallest absolute Gasteiger partial charge is 0.265 e. The van der Waals surface area contributed by atoms with Gasteiger partial charge in [0, 0.05) is 29.0 Å². The predicted molar refractivity (Wildman–Crippen MR) is 137 cm³/mol. The largest absolute Gasteiger partial charge is 0.355 e. The van der Waals surface area contributed by atoms with E-state index in [-0.39, 0.29) is 18.4 Å². The van der Waals surface area contributed by atoms with E-state index >= 15 is 0 Å². The minimum atomic E-state index is -0.170. The third kappa shape index (κ3) is 6.19. The zero-order chi connectivity index (χ0) is 23.2. The fourth-order valence-electron chi connectivity index (χ4n) is 4.37. The van der Waals surface area contributed by atoms with Gasteiger partial charge >= 0.3 is 0 Å². The summed E-state index contributed by atoms with van der Waals surface area (Å²) in [6, 6.07) is 15.7. The number of fused-ring (bicyclic) bond motifs is 1. The summed E-state index contributed by atoms with van der Waals surface area (Å²) >= 11 is 7.53. The van der Waals surface area contributed by atoms with Gasteiger partial charge in [0.2, 0.25) is 5.91 Å². The summed E-state index contributed by atoms with van der Waals surface area (Å²) < 4.78 is 0. The number of hydrogen-bond acceptors (Lipinski definition) is 4. The number of likely N-dealkylation sites (tertiary alicyclic amines) is 1. The van der Waals surface area contributed by atoms with Crippen LogP contribution < -0.4 is 10.2 Å². The van der Waals surface area contributed by atoms with E-state index in [2.05, 4.69) is 17.1 Å². The van der Waals surface area contributed by atoms with E-state index in [1.165, 1.54) is 31.0 Å². The van der Waals surface area contributed by atoms with E-state index in [4.69, 9.17) is 11.6 Å². The molecule has 0 radical (unpaired) electrons. The number of carbonyl (C=O) groups excluding carboxylic acids is 2. The summed E-state index contributed by atoms with van der Waals surface area (Å²) in [5, 5.41) is 3.62. The number of hydrogen-bond donors (Lipinski definition) is 1. The number of carbonyl (C=O) groups is 2. The Hall–Kier alpha value is -2.28. The highest BCUT2D eigenvalue weighted by molar-refractivity contribution is 8.04. The van der Waals surface area contributed by atoms with E-state index in [1.807, 2.05) is 48.5 Å². The van der Waals surface area contributed by atoms with Crippen molar-refractivity contribution in [3.05, 3.63) is 64.0 Å². The number of amides is 2. The van der Waals surface area contributed by atoms with Crippen molar-refractivity contribution in [2.45, 2.75) is 43.5 Å². The van der Waals surface area contributed by atoms with Crippen LogP contribution in [0, 0.1) is 0 Å². The predicted octanol–water partition coefficient (Wildman–Crippen LogP) is 5.20. The molecule has 2 aliphatic rings. The first kappa shape index (κ1) is 23.9. The zero-order valence-corrected chi connectivity index (χ0v) is 20.5. The molecule has 1 N–H and O–H groups in total. The van der Waals surface area contributed by atoms with Gasteiger partial charge in [0.15, 0.2) is 0 Å². The van der Waals surface area contributed by atoms with Gasteiger partial charge in [-0.15, -0.1) is 0 Å². The standard InChI is InChI=1S/C26H30ClN3O2S/c1-19-8-4-5-14-29(19)15-7-13-28-25(31)18-30-22-11-2-3-12-23(22)33-24(26(30)32)17-20-9-6-10-21(27)16-20/h2-3,6,9-12,16-17,19H,4-5,7-8,13-15,18H2,1H3,(H,28,31)/b24-17+/t19-/m1/s1. The molecule has 0 aromatic heterocycles. The molecule has 0 unspecified atom stereocenters. The second-order valence-corrected chi connectivity index (χ2v) is 10.1. The topological polar surface area (TPSA) is 52.7 Å². The van der Waals surface area contributed by atoms with E-state index in [0.717, 1.165) is 35.7 Å².